The number of carbonyl (C=O) groups is 3. The fourth-order valence-electron chi connectivity index (χ4n) is 3.42. The van der Waals surface area contributed by atoms with Gasteiger partial charge in [0.05, 0.1) is 18.1 Å². The number of nitrogens with zero attached hydrogens (tertiary/aromatic N) is 1. The summed E-state index contributed by atoms with van der Waals surface area (Å²) in [4.78, 5) is 44.5. The number of amides is 1. The number of rotatable bonds is 11. The Morgan fingerprint density at radius 1 is 1.18 bits per heavy atom. The van der Waals surface area contributed by atoms with Crippen LogP contribution in [0.5, 0.6) is 0 Å². The van der Waals surface area contributed by atoms with E-state index in [-0.39, 0.29) is 17.8 Å². The van der Waals surface area contributed by atoms with Gasteiger partial charge in [0.2, 0.25) is 0 Å². The van der Waals surface area contributed by atoms with Crippen molar-refractivity contribution < 1.29 is 19.5 Å². The fraction of sp³-hybridized carbons (Fsp3) is 0.250. The van der Waals surface area contributed by atoms with Crippen LogP contribution in [0.1, 0.15) is 32.8 Å². The van der Waals surface area contributed by atoms with Gasteiger partial charge in [-0.1, -0.05) is 36.4 Å². The molecule has 3 rings (SSSR count). The summed E-state index contributed by atoms with van der Waals surface area (Å²) in [6.45, 7) is 0. The first-order valence-electron chi connectivity index (χ1n) is 10.4. The summed E-state index contributed by atoms with van der Waals surface area (Å²) in [5.41, 5.74) is 8.71. The van der Waals surface area contributed by atoms with Crippen LogP contribution < -0.4 is 11.1 Å². The molecule has 9 heteroatoms. The lowest BCUT2D eigenvalue weighted by Gasteiger charge is -2.17. The van der Waals surface area contributed by atoms with E-state index in [2.05, 4.69) is 15.3 Å². The Labute approximate surface area is 196 Å². The summed E-state index contributed by atoms with van der Waals surface area (Å²) < 4.78 is 0. The number of nitrogens with two attached hydrogens (primary N) is 1. The summed E-state index contributed by atoms with van der Waals surface area (Å²) >= 11 is 1.51. The number of carboxylic acids is 1. The SMILES string of the molecule is CSCCC(NC(=O)c1ccc(C(=O)[C@@H](N)Cc2c[nH]cn2)cc1-c1ccccc1)C(=O)O. The van der Waals surface area contributed by atoms with E-state index in [1.54, 1.807) is 24.4 Å². The Kier molecular flexibility index (Phi) is 8.39. The normalized spacial score (nSPS) is 12.7. The first-order valence-corrected chi connectivity index (χ1v) is 11.8. The number of Topliss-reactive ketones (excluding diaryl/α,β-unsaturated/α-hetero) is 1. The molecule has 8 nitrogen and oxygen atoms in total. The molecule has 1 amide bonds. The molecule has 5 N–H and O–H groups in total. The summed E-state index contributed by atoms with van der Waals surface area (Å²) in [7, 11) is 0. The third-order valence-corrected chi connectivity index (χ3v) is 5.81. The van der Waals surface area contributed by atoms with Crippen molar-refractivity contribution in [3.8, 4) is 11.1 Å². The van der Waals surface area contributed by atoms with Crippen LogP contribution in [0, 0.1) is 0 Å². The number of hydrogen-bond acceptors (Lipinski definition) is 6. The molecule has 0 aliphatic rings. The van der Waals surface area contributed by atoms with Crippen LogP contribution in [-0.4, -0.2) is 56.8 Å². The predicted molar refractivity (Wildman–Crippen MR) is 128 cm³/mol. The zero-order chi connectivity index (χ0) is 23.8. The van der Waals surface area contributed by atoms with Gasteiger partial charge in [0, 0.05) is 23.7 Å². The van der Waals surface area contributed by atoms with Crippen molar-refractivity contribution in [2.75, 3.05) is 12.0 Å². The fourth-order valence-corrected chi connectivity index (χ4v) is 3.89. The molecular formula is C24H26N4O4S. The van der Waals surface area contributed by atoms with Gasteiger partial charge >= 0.3 is 5.97 Å². The Bertz CT molecular complexity index is 1100. The zero-order valence-electron chi connectivity index (χ0n) is 18.2. The molecule has 0 aliphatic heterocycles. The van der Waals surface area contributed by atoms with Gasteiger partial charge in [-0.25, -0.2) is 9.78 Å². The molecule has 1 heterocycles. The van der Waals surface area contributed by atoms with Crippen molar-refractivity contribution in [1.29, 1.82) is 0 Å². The number of carboxylic acid groups (broad SMARTS) is 1. The molecule has 172 valence electrons. The quantitative estimate of drug-likeness (QED) is 0.319. The Morgan fingerprint density at radius 2 is 1.94 bits per heavy atom. The highest BCUT2D eigenvalue weighted by molar-refractivity contribution is 7.98. The number of thioether (sulfide) groups is 1. The Morgan fingerprint density at radius 3 is 2.58 bits per heavy atom. The summed E-state index contributed by atoms with van der Waals surface area (Å²) in [5, 5.41) is 12.1. The molecule has 33 heavy (non-hydrogen) atoms. The molecule has 0 bridgehead atoms. The summed E-state index contributed by atoms with van der Waals surface area (Å²) in [5.74, 6) is -1.27. The minimum atomic E-state index is -1.09. The van der Waals surface area contributed by atoms with Crippen molar-refractivity contribution >= 4 is 29.4 Å². The van der Waals surface area contributed by atoms with E-state index in [0.717, 1.165) is 5.56 Å². The number of aromatic nitrogens is 2. The number of H-pyrrole nitrogens is 1. The van der Waals surface area contributed by atoms with Crippen molar-refractivity contribution in [3.63, 3.8) is 0 Å². The largest absolute Gasteiger partial charge is 0.480 e. The van der Waals surface area contributed by atoms with Crippen LogP contribution in [0.2, 0.25) is 0 Å². The highest BCUT2D eigenvalue weighted by Gasteiger charge is 2.24. The van der Waals surface area contributed by atoms with Gasteiger partial charge in [-0.15, -0.1) is 0 Å². The van der Waals surface area contributed by atoms with Crippen molar-refractivity contribution in [2.24, 2.45) is 5.73 Å². The molecule has 0 radical (unpaired) electrons. The maximum atomic E-state index is 13.0. The second kappa shape index (κ2) is 11.4. The monoisotopic (exact) mass is 466 g/mol. The zero-order valence-corrected chi connectivity index (χ0v) is 19.0. The average Bonchev–Trinajstić information content (AvgIpc) is 3.34. The van der Waals surface area contributed by atoms with Crippen LogP contribution in [0.15, 0.2) is 61.1 Å². The summed E-state index contributed by atoms with van der Waals surface area (Å²) in [6.07, 6.45) is 5.67. The van der Waals surface area contributed by atoms with Gasteiger partial charge in [-0.2, -0.15) is 11.8 Å². The second-order valence-electron chi connectivity index (χ2n) is 7.51. The lowest BCUT2D eigenvalue weighted by atomic mass is 9.93. The number of ketones is 1. The number of nitrogens with one attached hydrogen (secondary N) is 2. The maximum Gasteiger partial charge on any atom is 0.326 e. The molecule has 0 fully saturated rings. The van der Waals surface area contributed by atoms with E-state index >= 15 is 0 Å². The standard InChI is InChI=1S/C24H26N4O4S/c1-33-10-9-21(24(31)32)28-23(30)18-8-7-16(11-19(18)15-5-3-2-4-6-15)22(29)20(25)12-17-13-26-14-27-17/h2-8,11,13-14,20-21H,9-10,12,25H2,1H3,(H,26,27)(H,28,30)(H,31,32)/t20-,21?/m0/s1. The van der Waals surface area contributed by atoms with Crippen LogP contribution >= 0.6 is 11.8 Å². The number of benzene rings is 2. The lowest BCUT2D eigenvalue weighted by molar-refractivity contribution is -0.139. The molecule has 2 atom stereocenters. The first kappa shape index (κ1) is 24.2. The van der Waals surface area contributed by atoms with E-state index in [1.165, 1.54) is 18.1 Å². The Balaban J connectivity index is 1.91. The minimum absolute atomic E-state index is 0.273. The molecule has 1 unspecified atom stereocenters. The van der Waals surface area contributed by atoms with E-state index in [4.69, 9.17) is 5.73 Å². The number of aromatic amines is 1. The van der Waals surface area contributed by atoms with Crippen LogP contribution in [0.25, 0.3) is 11.1 Å². The van der Waals surface area contributed by atoms with Gasteiger partial charge in [0.25, 0.3) is 5.91 Å². The Hall–Kier alpha value is -3.43. The van der Waals surface area contributed by atoms with Crippen molar-refractivity contribution in [2.45, 2.75) is 24.9 Å². The number of aliphatic carboxylic acids is 1. The molecule has 0 saturated heterocycles. The summed E-state index contributed by atoms with van der Waals surface area (Å²) in [6, 6.07) is 12.1. The smallest absolute Gasteiger partial charge is 0.326 e. The number of imidazole rings is 1. The minimum Gasteiger partial charge on any atom is -0.480 e. The van der Waals surface area contributed by atoms with Gasteiger partial charge in [-0.05, 0) is 41.7 Å². The third kappa shape index (κ3) is 6.30. The highest BCUT2D eigenvalue weighted by Crippen LogP contribution is 2.26. The second-order valence-corrected chi connectivity index (χ2v) is 8.49. The third-order valence-electron chi connectivity index (χ3n) is 5.17. The van der Waals surface area contributed by atoms with E-state index in [9.17, 15) is 19.5 Å². The van der Waals surface area contributed by atoms with Crippen LogP contribution in [-0.2, 0) is 11.2 Å². The number of carbonyl (C=O) groups excluding carboxylic acids is 2. The molecule has 2 aromatic carbocycles. The van der Waals surface area contributed by atoms with Crippen molar-refractivity contribution in [1.82, 2.24) is 15.3 Å². The molecule has 0 spiro atoms. The number of hydrogen-bond donors (Lipinski definition) is 4. The van der Waals surface area contributed by atoms with E-state index < -0.39 is 24.0 Å². The van der Waals surface area contributed by atoms with E-state index in [1.807, 2.05) is 36.6 Å². The van der Waals surface area contributed by atoms with Gasteiger partial charge in [-0.3, -0.25) is 9.59 Å². The molecular weight excluding hydrogens is 440 g/mol. The topological polar surface area (TPSA) is 138 Å². The maximum absolute atomic E-state index is 13.0. The molecule has 0 saturated carbocycles. The van der Waals surface area contributed by atoms with Crippen LogP contribution in [0.3, 0.4) is 0 Å². The lowest BCUT2D eigenvalue weighted by Crippen LogP contribution is -2.41. The first-order chi connectivity index (χ1) is 15.9. The molecule has 0 aliphatic carbocycles. The van der Waals surface area contributed by atoms with Gasteiger partial charge in [0.15, 0.2) is 5.78 Å². The highest BCUT2D eigenvalue weighted by atomic mass is 32.2. The van der Waals surface area contributed by atoms with Crippen LogP contribution in [0.4, 0.5) is 0 Å². The van der Waals surface area contributed by atoms with Gasteiger partial charge in [0.1, 0.15) is 6.04 Å². The predicted octanol–water partition coefficient (Wildman–Crippen LogP) is 2.77. The van der Waals surface area contributed by atoms with E-state index in [0.29, 0.717) is 29.0 Å². The molecule has 3 aromatic rings. The molecule has 1 aromatic heterocycles. The van der Waals surface area contributed by atoms with Crippen molar-refractivity contribution in [3.05, 3.63) is 77.9 Å². The average molecular weight is 467 g/mol. The van der Waals surface area contributed by atoms with Gasteiger partial charge < -0.3 is 21.1 Å².